The van der Waals surface area contributed by atoms with Crippen molar-refractivity contribution in [3.63, 3.8) is 0 Å². The maximum Gasteiger partial charge on any atom is 0.451 e. The number of H-pyrrole nitrogens is 1. The van der Waals surface area contributed by atoms with Gasteiger partial charge in [-0.25, -0.2) is 9.89 Å². The molecular formula is C16H13ClF3N5O3. The summed E-state index contributed by atoms with van der Waals surface area (Å²) in [6.07, 6.45) is -4.44. The molecule has 1 aromatic carbocycles. The van der Waals surface area contributed by atoms with Crippen LogP contribution in [-0.4, -0.2) is 35.4 Å². The first-order chi connectivity index (χ1) is 13.1. The number of hydrogen-bond acceptors (Lipinski definition) is 5. The number of aromatic amines is 1. The molecule has 0 amide bonds. The van der Waals surface area contributed by atoms with Crippen LogP contribution < -0.4 is 5.69 Å². The molecule has 0 radical (unpaired) electrons. The minimum absolute atomic E-state index is 0.0168. The number of carbonyl (C=O) groups excluding carboxylic acids is 1. The highest BCUT2D eigenvalue weighted by atomic mass is 35.5. The molecule has 148 valence electrons. The number of aryl methyl sites for hydroxylation is 1. The van der Waals surface area contributed by atoms with E-state index in [0.717, 1.165) is 13.1 Å². The highest BCUT2D eigenvalue weighted by Crippen LogP contribution is 2.29. The van der Waals surface area contributed by atoms with E-state index in [2.05, 4.69) is 15.3 Å². The monoisotopic (exact) mass is 415 g/mol. The van der Waals surface area contributed by atoms with E-state index in [0.29, 0.717) is 21.4 Å². The van der Waals surface area contributed by atoms with Crippen molar-refractivity contribution in [3.05, 3.63) is 56.4 Å². The Kier molecular flexibility index (Phi) is 4.79. The fourth-order valence-electron chi connectivity index (χ4n) is 2.67. The molecule has 2 heterocycles. The fraction of sp³-hybridized carbons (Fsp3) is 0.250. The van der Waals surface area contributed by atoms with Crippen molar-refractivity contribution in [3.8, 4) is 11.6 Å². The minimum atomic E-state index is -4.81. The number of ketones is 1. The number of benzene rings is 1. The molecule has 0 saturated carbocycles. The molecule has 0 aliphatic heterocycles. The van der Waals surface area contributed by atoms with Gasteiger partial charge in [-0.3, -0.25) is 9.36 Å². The van der Waals surface area contributed by atoms with Gasteiger partial charge in [0.25, 0.3) is 0 Å². The summed E-state index contributed by atoms with van der Waals surface area (Å²) in [5.41, 5.74) is -0.810. The molecular weight excluding hydrogens is 403 g/mol. The Hall–Kier alpha value is -3.08. The fourth-order valence-corrected chi connectivity index (χ4v) is 2.93. The van der Waals surface area contributed by atoms with Crippen molar-refractivity contribution in [1.82, 2.24) is 24.5 Å². The lowest BCUT2D eigenvalue weighted by Gasteiger charge is -2.06. The molecule has 0 fully saturated rings. The summed E-state index contributed by atoms with van der Waals surface area (Å²) in [6.45, 7) is 1.74. The molecule has 0 bridgehead atoms. The van der Waals surface area contributed by atoms with Gasteiger partial charge >= 0.3 is 11.9 Å². The molecule has 0 atom stereocenters. The Morgan fingerprint density at radius 2 is 2.04 bits per heavy atom. The van der Waals surface area contributed by atoms with E-state index >= 15 is 0 Å². The summed E-state index contributed by atoms with van der Waals surface area (Å²) >= 11 is 6.12. The molecule has 0 aliphatic rings. The van der Waals surface area contributed by atoms with E-state index in [1.54, 1.807) is 6.92 Å². The smallest absolute Gasteiger partial charge is 0.451 e. The molecule has 2 aromatic heterocycles. The van der Waals surface area contributed by atoms with E-state index in [-0.39, 0.29) is 21.8 Å². The summed E-state index contributed by atoms with van der Waals surface area (Å²) < 4.78 is 39.7. The maximum atomic E-state index is 12.9. The lowest BCUT2D eigenvalue weighted by atomic mass is 10.0. The number of hydrogen-bond donors (Lipinski definition) is 2. The zero-order chi connectivity index (χ0) is 20.8. The maximum absolute atomic E-state index is 12.9. The largest absolute Gasteiger partial charge is 0.493 e. The lowest BCUT2D eigenvalue weighted by Crippen LogP contribution is -2.23. The first kappa shape index (κ1) is 19.7. The van der Waals surface area contributed by atoms with Gasteiger partial charge in [0.15, 0.2) is 0 Å². The van der Waals surface area contributed by atoms with Crippen molar-refractivity contribution in [2.75, 3.05) is 0 Å². The first-order valence-corrected chi connectivity index (χ1v) is 8.28. The van der Waals surface area contributed by atoms with E-state index in [1.165, 1.54) is 12.1 Å². The first-order valence-electron chi connectivity index (χ1n) is 7.90. The average Bonchev–Trinajstić information content (AvgIpc) is 3.14. The Bertz CT molecular complexity index is 1130. The van der Waals surface area contributed by atoms with Gasteiger partial charge in [0, 0.05) is 12.6 Å². The molecule has 0 unspecified atom stereocenters. The highest BCUT2D eigenvalue weighted by molar-refractivity contribution is 6.35. The van der Waals surface area contributed by atoms with Crippen molar-refractivity contribution in [2.24, 2.45) is 7.05 Å². The number of rotatable bonds is 4. The Morgan fingerprint density at radius 1 is 1.36 bits per heavy atom. The summed E-state index contributed by atoms with van der Waals surface area (Å²) in [5, 5.41) is 19.1. The van der Waals surface area contributed by atoms with Crippen LogP contribution in [-0.2, 0) is 19.6 Å². The number of nitrogens with one attached hydrogen (secondary N) is 1. The number of aromatic hydroxyl groups is 1. The standard InChI is InChI=1S/C16H13ClF3N5O3/c1-3-10-11(13(27)22-21-10)12(26)8-5-4-7(6-9(8)17)25-15(28)24(2)14(23-25)16(18,19)20/h4-6H,3H2,1-2H3,(H2,21,22,27). The molecule has 3 aromatic rings. The summed E-state index contributed by atoms with van der Waals surface area (Å²) in [4.78, 5) is 24.8. The van der Waals surface area contributed by atoms with Gasteiger partial charge in [-0.15, -0.1) is 5.10 Å². The Labute approximate surface area is 160 Å². The number of alkyl halides is 3. The third-order valence-corrected chi connectivity index (χ3v) is 4.37. The number of carbonyl (C=O) groups is 1. The zero-order valence-corrected chi connectivity index (χ0v) is 15.3. The van der Waals surface area contributed by atoms with Crippen molar-refractivity contribution < 1.29 is 23.1 Å². The van der Waals surface area contributed by atoms with Gasteiger partial charge in [-0.2, -0.15) is 23.0 Å². The lowest BCUT2D eigenvalue weighted by molar-refractivity contribution is -0.147. The van der Waals surface area contributed by atoms with Crippen LogP contribution in [0.2, 0.25) is 5.02 Å². The van der Waals surface area contributed by atoms with E-state index in [1.807, 2.05) is 0 Å². The van der Waals surface area contributed by atoms with E-state index < -0.39 is 29.4 Å². The van der Waals surface area contributed by atoms with Crippen LogP contribution in [0, 0.1) is 0 Å². The van der Waals surface area contributed by atoms with Gasteiger partial charge in [0.1, 0.15) is 5.56 Å². The van der Waals surface area contributed by atoms with Crippen LogP contribution in [0.3, 0.4) is 0 Å². The molecule has 8 nitrogen and oxygen atoms in total. The van der Waals surface area contributed by atoms with E-state index in [9.17, 15) is 27.9 Å². The predicted molar refractivity (Wildman–Crippen MR) is 91.9 cm³/mol. The van der Waals surface area contributed by atoms with Gasteiger partial charge in [0.05, 0.1) is 16.4 Å². The molecule has 0 aliphatic carbocycles. The van der Waals surface area contributed by atoms with Crippen LogP contribution in [0.25, 0.3) is 5.69 Å². The number of halogens is 4. The summed E-state index contributed by atoms with van der Waals surface area (Å²) in [5.74, 6) is -2.41. The summed E-state index contributed by atoms with van der Waals surface area (Å²) in [7, 11) is 0.947. The molecule has 0 saturated heterocycles. The van der Waals surface area contributed by atoms with Crippen molar-refractivity contribution >= 4 is 17.4 Å². The van der Waals surface area contributed by atoms with Crippen LogP contribution >= 0.6 is 11.6 Å². The quantitative estimate of drug-likeness (QED) is 0.637. The second-order valence-corrected chi connectivity index (χ2v) is 6.22. The second kappa shape index (κ2) is 6.82. The highest BCUT2D eigenvalue weighted by Gasteiger charge is 2.38. The molecule has 3 rings (SSSR count). The van der Waals surface area contributed by atoms with Gasteiger partial charge in [-0.05, 0) is 24.6 Å². The molecule has 12 heteroatoms. The second-order valence-electron chi connectivity index (χ2n) is 5.82. The zero-order valence-electron chi connectivity index (χ0n) is 14.5. The normalized spacial score (nSPS) is 11.8. The minimum Gasteiger partial charge on any atom is -0.493 e. The Morgan fingerprint density at radius 3 is 2.57 bits per heavy atom. The SMILES string of the molecule is CCc1n[nH]c(O)c1C(=O)c1ccc(-n2nc(C(F)(F)F)n(C)c2=O)cc1Cl. The van der Waals surface area contributed by atoms with Gasteiger partial charge in [0.2, 0.25) is 17.5 Å². The van der Waals surface area contributed by atoms with Crippen molar-refractivity contribution in [1.29, 1.82) is 0 Å². The van der Waals surface area contributed by atoms with Crippen molar-refractivity contribution in [2.45, 2.75) is 19.5 Å². The Balaban J connectivity index is 2.06. The molecule has 28 heavy (non-hydrogen) atoms. The van der Waals surface area contributed by atoms with Gasteiger partial charge in [-0.1, -0.05) is 18.5 Å². The van der Waals surface area contributed by atoms with Crippen LogP contribution in [0.5, 0.6) is 5.88 Å². The third-order valence-electron chi connectivity index (χ3n) is 4.06. The average molecular weight is 416 g/mol. The van der Waals surface area contributed by atoms with Crippen LogP contribution in [0.4, 0.5) is 13.2 Å². The third kappa shape index (κ3) is 3.17. The van der Waals surface area contributed by atoms with Gasteiger partial charge < -0.3 is 5.11 Å². The predicted octanol–water partition coefficient (Wildman–Crippen LogP) is 2.47. The van der Waals surface area contributed by atoms with Crippen LogP contribution in [0.15, 0.2) is 23.0 Å². The number of aromatic nitrogens is 5. The molecule has 0 spiro atoms. The van der Waals surface area contributed by atoms with E-state index in [4.69, 9.17) is 11.6 Å². The topological polar surface area (TPSA) is 106 Å². The van der Waals surface area contributed by atoms with Crippen LogP contribution in [0.1, 0.15) is 34.4 Å². The molecule has 2 N–H and O–H groups in total. The summed E-state index contributed by atoms with van der Waals surface area (Å²) in [6, 6.07) is 3.61. The number of nitrogens with zero attached hydrogens (tertiary/aromatic N) is 4.